The molecule has 2 bridgehead atoms. The summed E-state index contributed by atoms with van der Waals surface area (Å²) in [5.41, 5.74) is 0.255. The Kier molecular flexibility index (Phi) is 6.91. The molecular weight excluding hydrogens is 710 g/mol. The summed E-state index contributed by atoms with van der Waals surface area (Å²) in [6, 6.07) is 33.7. The van der Waals surface area contributed by atoms with Crippen LogP contribution in [0.15, 0.2) is 115 Å². The van der Waals surface area contributed by atoms with Gasteiger partial charge in [-0.3, -0.25) is 14.4 Å². The van der Waals surface area contributed by atoms with Crippen molar-refractivity contribution in [2.24, 2.45) is 11.8 Å². The number of halogens is 1. The molecule has 5 aliphatic rings. The third kappa shape index (κ3) is 4.00. The number of rotatable bonds is 6. The number of ether oxygens (including phenoxy) is 5. The van der Waals surface area contributed by atoms with E-state index in [0.29, 0.717) is 56.4 Å². The van der Waals surface area contributed by atoms with Crippen LogP contribution >= 0.6 is 11.6 Å². The predicted octanol–water partition coefficient (Wildman–Crippen LogP) is 6.77. The maximum absolute atomic E-state index is 16.3. The molecule has 3 aliphatic heterocycles. The number of nitrogens with zero attached hydrogens (tertiary/aromatic N) is 1. The molecule has 54 heavy (non-hydrogen) atoms. The van der Waals surface area contributed by atoms with E-state index in [9.17, 15) is 4.79 Å². The van der Waals surface area contributed by atoms with Crippen molar-refractivity contribution in [3.63, 3.8) is 0 Å². The molecule has 5 aromatic rings. The molecule has 266 valence electrons. The lowest BCUT2D eigenvalue weighted by molar-refractivity contribution is -0.130. The first-order chi connectivity index (χ1) is 26.3. The highest BCUT2D eigenvalue weighted by atomic mass is 35.5. The average Bonchev–Trinajstić information content (AvgIpc) is 4.01. The van der Waals surface area contributed by atoms with Gasteiger partial charge in [0.05, 0.1) is 46.0 Å². The molecule has 0 spiro atoms. The Morgan fingerprint density at radius 1 is 0.648 bits per heavy atom. The average molecular weight is 738 g/mol. The van der Waals surface area contributed by atoms with E-state index in [1.807, 2.05) is 84.9 Å². The minimum atomic E-state index is -1.68. The second-order valence-corrected chi connectivity index (χ2v) is 14.1. The molecule has 2 fully saturated rings. The quantitative estimate of drug-likeness (QED) is 0.137. The van der Waals surface area contributed by atoms with E-state index in [-0.39, 0.29) is 35.6 Å². The lowest BCUT2D eigenvalue weighted by atomic mass is 9.59. The molecule has 3 heterocycles. The lowest BCUT2D eigenvalue weighted by Crippen LogP contribution is -2.45. The molecule has 0 N–H and O–H groups in total. The maximum atomic E-state index is 16.3. The van der Waals surface area contributed by atoms with Crippen molar-refractivity contribution < 1.29 is 42.9 Å². The van der Waals surface area contributed by atoms with Crippen molar-refractivity contribution in [2.45, 2.75) is 10.8 Å². The SMILES string of the molecule is COC(=O)c1cc(N2C(=O)[C@H]3[C@H](C2=O)[C@@]2(c4ccccc4)C(=O)[C@@]3(c3ccccc3)C(c3ccc4c(c3)OCO4)=C2c2ccc3c(c2)OCO3)ccc1Cl. The summed E-state index contributed by atoms with van der Waals surface area (Å²) in [4.78, 5) is 60.9. The van der Waals surface area contributed by atoms with Crippen molar-refractivity contribution in [2.75, 3.05) is 25.6 Å². The monoisotopic (exact) mass is 737 g/mol. The topological polar surface area (TPSA) is 118 Å². The van der Waals surface area contributed by atoms with Crippen molar-refractivity contribution in [1.82, 2.24) is 0 Å². The second kappa shape index (κ2) is 11.6. The van der Waals surface area contributed by atoms with E-state index in [0.717, 1.165) is 4.90 Å². The number of anilines is 1. The summed E-state index contributed by atoms with van der Waals surface area (Å²) in [5.74, 6) is -2.52. The van der Waals surface area contributed by atoms with E-state index in [2.05, 4.69) is 0 Å². The van der Waals surface area contributed by atoms with Crippen LogP contribution in [0.5, 0.6) is 23.0 Å². The van der Waals surface area contributed by atoms with Crippen LogP contribution in [-0.4, -0.2) is 44.3 Å². The Morgan fingerprint density at radius 2 is 1.13 bits per heavy atom. The van der Waals surface area contributed by atoms with Gasteiger partial charge in [-0.2, -0.15) is 0 Å². The molecule has 10 rings (SSSR count). The summed E-state index contributed by atoms with van der Waals surface area (Å²) >= 11 is 6.40. The number of esters is 1. The first-order valence-corrected chi connectivity index (χ1v) is 17.7. The smallest absolute Gasteiger partial charge is 0.339 e. The van der Waals surface area contributed by atoms with Crippen LogP contribution in [0.2, 0.25) is 5.02 Å². The van der Waals surface area contributed by atoms with Gasteiger partial charge >= 0.3 is 5.97 Å². The molecular formula is C43H28ClNO9. The van der Waals surface area contributed by atoms with Crippen LogP contribution in [-0.2, 0) is 30.0 Å². The zero-order valence-corrected chi connectivity index (χ0v) is 29.3. The van der Waals surface area contributed by atoms with Gasteiger partial charge in [-0.05, 0) is 75.9 Å². The number of methoxy groups -OCH3 is 1. The van der Waals surface area contributed by atoms with Crippen molar-refractivity contribution in [3.05, 3.63) is 148 Å². The number of Topliss-reactive ketones (excluding diaryl/α,β-unsaturated/α-hetero) is 1. The summed E-state index contributed by atoms with van der Waals surface area (Å²) in [7, 11) is 1.22. The van der Waals surface area contributed by atoms with Gasteiger partial charge in [0, 0.05) is 0 Å². The normalized spacial score (nSPS) is 24.4. The number of fused-ring (bicyclic) bond motifs is 7. The molecule has 1 saturated heterocycles. The molecule has 0 unspecified atom stereocenters. The van der Waals surface area contributed by atoms with Gasteiger partial charge < -0.3 is 23.7 Å². The van der Waals surface area contributed by atoms with Crippen molar-refractivity contribution >= 4 is 52.0 Å². The number of benzene rings is 5. The number of carbonyl (C=O) groups excluding carboxylic acids is 4. The fraction of sp³-hybridized carbons (Fsp3) is 0.163. The third-order valence-corrected chi connectivity index (χ3v) is 11.7. The Bertz CT molecular complexity index is 2380. The second-order valence-electron chi connectivity index (χ2n) is 13.7. The summed E-state index contributed by atoms with van der Waals surface area (Å²) < 4.78 is 28.0. The highest BCUT2D eigenvalue weighted by Crippen LogP contribution is 2.74. The molecule has 5 aromatic carbocycles. The van der Waals surface area contributed by atoms with Crippen LogP contribution in [0.25, 0.3) is 11.1 Å². The minimum absolute atomic E-state index is 0.0101. The van der Waals surface area contributed by atoms with Gasteiger partial charge in [0.15, 0.2) is 28.8 Å². The van der Waals surface area contributed by atoms with Crippen LogP contribution < -0.4 is 23.8 Å². The maximum Gasteiger partial charge on any atom is 0.339 e. The number of hydrogen-bond donors (Lipinski definition) is 0. The number of carbonyl (C=O) groups is 4. The molecule has 2 aliphatic carbocycles. The van der Waals surface area contributed by atoms with Crippen LogP contribution in [0.4, 0.5) is 5.69 Å². The number of ketones is 1. The number of imide groups is 1. The van der Waals surface area contributed by atoms with Gasteiger partial charge in [-0.15, -0.1) is 0 Å². The molecule has 2 amide bonds. The number of hydrogen-bond acceptors (Lipinski definition) is 9. The van der Waals surface area contributed by atoms with E-state index in [1.165, 1.54) is 25.3 Å². The van der Waals surface area contributed by atoms with E-state index < -0.39 is 40.4 Å². The third-order valence-electron chi connectivity index (χ3n) is 11.4. The molecule has 0 radical (unpaired) electrons. The zero-order chi connectivity index (χ0) is 36.9. The van der Waals surface area contributed by atoms with Gasteiger partial charge in [-0.1, -0.05) is 84.4 Å². The highest BCUT2D eigenvalue weighted by molar-refractivity contribution is 6.39. The van der Waals surface area contributed by atoms with Gasteiger partial charge in [-0.25, -0.2) is 9.69 Å². The van der Waals surface area contributed by atoms with E-state index in [1.54, 1.807) is 12.1 Å². The van der Waals surface area contributed by atoms with Gasteiger partial charge in [0.1, 0.15) is 0 Å². The summed E-state index contributed by atoms with van der Waals surface area (Å²) in [6.07, 6.45) is 0. The first-order valence-electron chi connectivity index (χ1n) is 17.3. The van der Waals surface area contributed by atoms with Crippen molar-refractivity contribution in [1.29, 1.82) is 0 Å². The Morgan fingerprint density at radius 3 is 1.61 bits per heavy atom. The van der Waals surface area contributed by atoms with Crippen LogP contribution in [0.3, 0.4) is 0 Å². The zero-order valence-electron chi connectivity index (χ0n) is 28.5. The highest BCUT2D eigenvalue weighted by Gasteiger charge is 2.83. The van der Waals surface area contributed by atoms with Gasteiger partial charge in [0.2, 0.25) is 25.4 Å². The van der Waals surface area contributed by atoms with Crippen molar-refractivity contribution in [3.8, 4) is 23.0 Å². The molecule has 1 saturated carbocycles. The largest absolute Gasteiger partial charge is 0.465 e. The molecule has 4 atom stereocenters. The number of allylic oxidation sites excluding steroid dienone is 2. The van der Waals surface area contributed by atoms with E-state index in [4.69, 9.17) is 35.3 Å². The van der Waals surface area contributed by atoms with E-state index >= 15 is 14.4 Å². The minimum Gasteiger partial charge on any atom is -0.465 e. The standard InChI is InChI=1S/C43H28ClNO9/c1-50-40(48)28-20-27(14-15-29(28)44)45-38(46)36-37(39(45)47)43(26-10-6-3-7-11-26)35(24-13-17-31-33(19-24)54-22-52-31)34(23-12-16-30-32(18-23)53-21-51-30)42(36,41(43)49)25-8-4-2-5-9-25/h2-20,36-37H,21-22H2,1H3/t36-,37-,42+,43+/m1/s1. The Labute approximate surface area is 313 Å². The fourth-order valence-electron chi connectivity index (χ4n) is 9.40. The fourth-order valence-corrected chi connectivity index (χ4v) is 9.60. The molecule has 0 aromatic heterocycles. The summed E-state index contributed by atoms with van der Waals surface area (Å²) in [5, 5.41) is 0.0958. The van der Waals surface area contributed by atoms with Gasteiger partial charge in [0.25, 0.3) is 0 Å². The van der Waals surface area contributed by atoms with Crippen LogP contribution in [0.1, 0.15) is 32.6 Å². The first kappa shape index (κ1) is 32.3. The van der Waals surface area contributed by atoms with Crippen LogP contribution in [0, 0.1) is 11.8 Å². The number of amides is 2. The molecule has 10 nitrogen and oxygen atoms in total. The lowest BCUT2D eigenvalue weighted by Gasteiger charge is -2.39. The Balaban J connectivity index is 1.34. The Hall–Kier alpha value is -6.39. The summed E-state index contributed by atoms with van der Waals surface area (Å²) in [6.45, 7) is 0.0652. The predicted molar refractivity (Wildman–Crippen MR) is 195 cm³/mol. The molecule has 11 heteroatoms.